The summed E-state index contributed by atoms with van der Waals surface area (Å²) in [5, 5.41) is 0. The van der Waals surface area contributed by atoms with Gasteiger partial charge in [-0.3, -0.25) is 0 Å². The molecule has 0 atom stereocenters. The lowest BCUT2D eigenvalue weighted by atomic mass is 10.1. The first kappa shape index (κ1) is 12.5. The molecule has 0 fully saturated rings. The van der Waals surface area contributed by atoms with E-state index in [1.54, 1.807) is 0 Å². The number of pyridine rings is 1. The minimum absolute atomic E-state index is 0.316. The van der Waals surface area contributed by atoms with E-state index in [2.05, 4.69) is 9.72 Å². The van der Waals surface area contributed by atoms with E-state index in [4.69, 9.17) is 5.73 Å². The largest absolute Gasteiger partial charge is 0.493 e. The third-order valence-electron chi connectivity index (χ3n) is 1.83. The number of anilines is 1. The Labute approximate surface area is 87.0 Å². The summed E-state index contributed by atoms with van der Waals surface area (Å²) in [6.07, 6.45) is -7.70. The Morgan fingerprint density at radius 1 is 1.38 bits per heavy atom. The van der Waals surface area contributed by atoms with E-state index in [1.807, 2.05) is 0 Å². The van der Waals surface area contributed by atoms with E-state index in [1.165, 1.54) is 0 Å². The van der Waals surface area contributed by atoms with Crippen molar-refractivity contribution in [3.05, 3.63) is 17.5 Å². The Bertz CT molecular complexity index is 391. The average Bonchev–Trinajstić information content (AvgIpc) is 2.15. The SMILES string of the molecule is COc1cnc(C(F)(F)F)c(C(F)F)c1N. The molecule has 0 saturated heterocycles. The lowest BCUT2D eigenvalue weighted by molar-refractivity contribution is -0.143. The van der Waals surface area contributed by atoms with E-state index < -0.39 is 29.5 Å². The molecule has 0 radical (unpaired) electrons. The van der Waals surface area contributed by atoms with Gasteiger partial charge < -0.3 is 10.5 Å². The van der Waals surface area contributed by atoms with Gasteiger partial charge >= 0.3 is 6.18 Å². The first-order valence-electron chi connectivity index (χ1n) is 3.96. The van der Waals surface area contributed by atoms with Gasteiger partial charge in [-0.1, -0.05) is 0 Å². The van der Waals surface area contributed by atoms with E-state index in [0.717, 1.165) is 7.11 Å². The van der Waals surface area contributed by atoms with Gasteiger partial charge in [0.15, 0.2) is 11.4 Å². The second-order valence-electron chi connectivity index (χ2n) is 2.80. The maximum absolute atomic E-state index is 12.5. The summed E-state index contributed by atoms with van der Waals surface area (Å²) in [4.78, 5) is 2.89. The van der Waals surface area contributed by atoms with Crippen LogP contribution in [0.25, 0.3) is 0 Å². The van der Waals surface area contributed by atoms with E-state index in [-0.39, 0.29) is 5.75 Å². The molecule has 1 heterocycles. The van der Waals surface area contributed by atoms with Crippen LogP contribution in [0.2, 0.25) is 0 Å². The molecule has 0 spiro atoms. The molecular formula is C8H7F5N2O. The molecule has 0 aliphatic rings. The first-order valence-corrected chi connectivity index (χ1v) is 3.96. The molecule has 0 unspecified atom stereocenters. The molecule has 0 amide bonds. The van der Waals surface area contributed by atoms with Crippen LogP contribution in [0.4, 0.5) is 27.6 Å². The fourth-order valence-corrected chi connectivity index (χ4v) is 1.13. The normalized spacial score (nSPS) is 11.9. The lowest BCUT2D eigenvalue weighted by Gasteiger charge is -2.15. The van der Waals surface area contributed by atoms with Gasteiger partial charge in [0.05, 0.1) is 24.6 Å². The third-order valence-corrected chi connectivity index (χ3v) is 1.83. The van der Waals surface area contributed by atoms with E-state index in [9.17, 15) is 22.0 Å². The number of nitrogens with two attached hydrogens (primary N) is 1. The van der Waals surface area contributed by atoms with Gasteiger partial charge in [0.25, 0.3) is 6.43 Å². The van der Waals surface area contributed by atoms with Gasteiger partial charge in [-0.2, -0.15) is 13.2 Å². The highest BCUT2D eigenvalue weighted by atomic mass is 19.4. The van der Waals surface area contributed by atoms with Crippen LogP contribution >= 0.6 is 0 Å². The maximum atomic E-state index is 12.5. The first-order chi connectivity index (χ1) is 7.29. The number of ether oxygens (including phenoxy) is 1. The zero-order valence-electron chi connectivity index (χ0n) is 7.98. The maximum Gasteiger partial charge on any atom is 0.433 e. The van der Waals surface area contributed by atoms with Crippen molar-refractivity contribution in [1.82, 2.24) is 4.98 Å². The van der Waals surface area contributed by atoms with Gasteiger partial charge in [-0.05, 0) is 0 Å². The fourth-order valence-electron chi connectivity index (χ4n) is 1.13. The minimum Gasteiger partial charge on any atom is -0.493 e. The van der Waals surface area contributed by atoms with E-state index >= 15 is 0 Å². The Kier molecular flexibility index (Phi) is 3.20. The molecule has 2 N–H and O–H groups in total. The van der Waals surface area contributed by atoms with Crippen LogP contribution < -0.4 is 10.5 Å². The summed E-state index contributed by atoms with van der Waals surface area (Å²) < 4.78 is 66.4. The number of methoxy groups -OCH3 is 1. The smallest absolute Gasteiger partial charge is 0.433 e. The van der Waals surface area contributed by atoms with Crippen molar-refractivity contribution in [2.24, 2.45) is 0 Å². The Balaban J connectivity index is 3.47. The predicted molar refractivity (Wildman–Crippen MR) is 45.2 cm³/mol. The van der Waals surface area contributed by atoms with Crippen LogP contribution in [-0.2, 0) is 6.18 Å². The van der Waals surface area contributed by atoms with Crippen molar-refractivity contribution in [3.63, 3.8) is 0 Å². The van der Waals surface area contributed by atoms with Gasteiger partial charge in [0, 0.05) is 0 Å². The topological polar surface area (TPSA) is 48.1 Å². The molecule has 0 aliphatic heterocycles. The third kappa shape index (κ3) is 2.15. The molecule has 1 rings (SSSR count). The Morgan fingerprint density at radius 2 is 1.94 bits per heavy atom. The van der Waals surface area contributed by atoms with Crippen molar-refractivity contribution in [2.75, 3.05) is 12.8 Å². The second kappa shape index (κ2) is 4.11. The van der Waals surface area contributed by atoms with E-state index in [0.29, 0.717) is 6.20 Å². The summed E-state index contributed by atoms with van der Waals surface area (Å²) >= 11 is 0. The van der Waals surface area contributed by atoms with Crippen molar-refractivity contribution in [2.45, 2.75) is 12.6 Å². The molecule has 16 heavy (non-hydrogen) atoms. The van der Waals surface area contributed by atoms with Crippen molar-refractivity contribution < 1.29 is 26.7 Å². The summed E-state index contributed by atoms with van der Waals surface area (Å²) in [5.74, 6) is -0.316. The standard InChI is InChI=1S/C8H7F5N2O/c1-16-3-2-15-6(8(11,12)13)4(5(3)14)7(9)10/h2,7H,1H3,(H2,14,15). The number of rotatable bonds is 2. The highest BCUT2D eigenvalue weighted by Gasteiger charge is 2.39. The van der Waals surface area contributed by atoms with Gasteiger partial charge in [-0.25, -0.2) is 13.8 Å². The van der Waals surface area contributed by atoms with Crippen molar-refractivity contribution in [1.29, 1.82) is 0 Å². The van der Waals surface area contributed by atoms with Crippen molar-refractivity contribution in [3.8, 4) is 5.75 Å². The van der Waals surface area contributed by atoms with Gasteiger partial charge in [-0.15, -0.1) is 0 Å². The predicted octanol–water partition coefficient (Wildman–Crippen LogP) is 2.63. The molecule has 0 bridgehead atoms. The molecule has 0 aliphatic carbocycles. The number of hydrogen-bond donors (Lipinski definition) is 1. The van der Waals surface area contributed by atoms with Gasteiger partial charge in [0.2, 0.25) is 0 Å². The molecule has 3 nitrogen and oxygen atoms in total. The van der Waals surface area contributed by atoms with Crippen LogP contribution in [0.15, 0.2) is 6.20 Å². The number of nitrogen functional groups attached to an aromatic ring is 1. The molecule has 0 saturated carbocycles. The molecule has 1 aromatic heterocycles. The summed E-state index contributed by atoms with van der Waals surface area (Å²) in [5.41, 5.74) is 1.35. The average molecular weight is 242 g/mol. The summed E-state index contributed by atoms with van der Waals surface area (Å²) in [6, 6.07) is 0. The van der Waals surface area contributed by atoms with Crippen LogP contribution in [0.3, 0.4) is 0 Å². The minimum atomic E-state index is -4.98. The fraction of sp³-hybridized carbons (Fsp3) is 0.375. The highest BCUT2D eigenvalue weighted by Crippen LogP contribution is 2.40. The molecule has 1 aromatic rings. The molecule has 0 aromatic carbocycles. The number of halogens is 5. The number of nitrogens with zero attached hydrogens (tertiary/aromatic N) is 1. The Morgan fingerprint density at radius 3 is 2.31 bits per heavy atom. The summed E-state index contributed by atoms with van der Waals surface area (Å²) in [7, 11) is 1.09. The number of aromatic nitrogens is 1. The number of alkyl halides is 5. The molecular weight excluding hydrogens is 235 g/mol. The highest BCUT2D eigenvalue weighted by molar-refractivity contribution is 5.60. The monoisotopic (exact) mass is 242 g/mol. The van der Waals surface area contributed by atoms with Crippen LogP contribution in [0.1, 0.15) is 17.7 Å². The number of hydrogen-bond acceptors (Lipinski definition) is 3. The van der Waals surface area contributed by atoms with Crippen LogP contribution in [0, 0.1) is 0 Å². The van der Waals surface area contributed by atoms with Crippen molar-refractivity contribution >= 4 is 5.69 Å². The quantitative estimate of drug-likeness (QED) is 0.811. The zero-order valence-corrected chi connectivity index (χ0v) is 7.98. The Hall–Kier alpha value is -1.60. The zero-order chi connectivity index (χ0) is 12.5. The summed E-state index contributed by atoms with van der Waals surface area (Å²) in [6.45, 7) is 0. The molecule has 90 valence electrons. The van der Waals surface area contributed by atoms with Crippen LogP contribution in [-0.4, -0.2) is 12.1 Å². The second-order valence-corrected chi connectivity index (χ2v) is 2.80. The van der Waals surface area contributed by atoms with Gasteiger partial charge in [0.1, 0.15) is 0 Å². The lowest BCUT2D eigenvalue weighted by Crippen LogP contribution is -2.15. The van der Waals surface area contributed by atoms with Crippen LogP contribution in [0.5, 0.6) is 5.75 Å². The molecule has 8 heteroatoms.